The fourth-order valence-electron chi connectivity index (χ4n) is 3.66. The summed E-state index contributed by atoms with van der Waals surface area (Å²) in [4.78, 5) is 35.5. The maximum atomic E-state index is 13.0. The number of aryl methyl sites for hydroxylation is 1. The van der Waals surface area contributed by atoms with Crippen LogP contribution in [0.15, 0.2) is 40.3 Å². The zero-order valence-electron chi connectivity index (χ0n) is 16.4. The van der Waals surface area contributed by atoms with E-state index in [2.05, 4.69) is 11.1 Å². The van der Waals surface area contributed by atoms with Crippen LogP contribution in [0.2, 0.25) is 0 Å². The van der Waals surface area contributed by atoms with Gasteiger partial charge < -0.3 is 9.88 Å². The number of rotatable bonds is 5. The van der Waals surface area contributed by atoms with Crippen molar-refractivity contribution in [2.24, 2.45) is 0 Å². The molecule has 0 unspecified atom stereocenters. The Bertz CT molecular complexity index is 1100. The summed E-state index contributed by atoms with van der Waals surface area (Å²) < 4.78 is 1.72. The molecule has 0 aliphatic carbocycles. The van der Waals surface area contributed by atoms with Crippen molar-refractivity contribution in [3.63, 3.8) is 0 Å². The second-order valence-electron chi connectivity index (χ2n) is 7.25. The molecule has 1 N–H and O–H groups in total. The molecule has 3 aromatic rings. The van der Waals surface area contributed by atoms with E-state index in [0.717, 1.165) is 24.2 Å². The van der Waals surface area contributed by atoms with Crippen molar-refractivity contribution in [1.82, 2.24) is 14.5 Å². The zero-order valence-corrected chi connectivity index (χ0v) is 17.2. The SMILES string of the molecule is CC[C@H](C)n1c(SCC(=O)N2CCc3ccccc32)nc2cc(C)[nH]c2c1=O. The van der Waals surface area contributed by atoms with Gasteiger partial charge in [-0.25, -0.2) is 4.98 Å². The second-order valence-corrected chi connectivity index (χ2v) is 8.19. The number of carbonyl (C=O) groups excluding carboxylic acids is 1. The molecular formula is C21H24N4O2S. The topological polar surface area (TPSA) is 71.0 Å². The number of aromatic nitrogens is 3. The summed E-state index contributed by atoms with van der Waals surface area (Å²) in [6, 6.07) is 9.91. The predicted molar refractivity (Wildman–Crippen MR) is 113 cm³/mol. The number of nitrogens with zero attached hydrogens (tertiary/aromatic N) is 3. The number of anilines is 1. The van der Waals surface area contributed by atoms with E-state index in [9.17, 15) is 9.59 Å². The van der Waals surface area contributed by atoms with E-state index in [4.69, 9.17) is 4.98 Å². The first-order valence-electron chi connectivity index (χ1n) is 9.62. The van der Waals surface area contributed by atoms with Gasteiger partial charge in [0.25, 0.3) is 5.56 Å². The predicted octanol–water partition coefficient (Wildman–Crippen LogP) is 3.69. The summed E-state index contributed by atoms with van der Waals surface area (Å²) in [6.07, 6.45) is 1.70. The number of para-hydroxylation sites is 1. The molecule has 4 rings (SSSR count). The summed E-state index contributed by atoms with van der Waals surface area (Å²) >= 11 is 1.35. The zero-order chi connectivity index (χ0) is 19.8. The van der Waals surface area contributed by atoms with E-state index in [0.29, 0.717) is 22.7 Å². The van der Waals surface area contributed by atoms with E-state index in [1.807, 2.05) is 49.9 Å². The molecule has 7 heteroatoms. The van der Waals surface area contributed by atoms with Gasteiger partial charge in [-0.05, 0) is 44.4 Å². The van der Waals surface area contributed by atoms with Crippen molar-refractivity contribution in [2.45, 2.75) is 44.8 Å². The highest BCUT2D eigenvalue weighted by Crippen LogP contribution is 2.29. The van der Waals surface area contributed by atoms with Crippen molar-refractivity contribution in [2.75, 3.05) is 17.2 Å². The Balaban J connectivity index is 1.62. The lowest BCUT2D eigenvalue weighted by atomic mass is 10.2. The first-order valence-corrected chi connectivity index (χ1v) is 10.6. The largest absolute Gasteiger partial charge is 0.353 e. The maximum Gasteiger partial charge on any atom is 0.278 e. The Hall–Kier alpha value is -2.54. The molecule has 0 saturated heterocycles. The van der Waals surface area contributed by atoms with Crippen molar-refractivity contribution in [3.05, 3.63) is 51.9 Å². The van der Waals surface area contributed by atoms with Gasteiger partial charge in [-0.15, -0.1) is 0 Å². The van der Waals surface area contributed by atoms with E-state index in [-0.39, 0.29) is 23.3 Å². The van der Waals surface area contributed by atoms with Crippen LogP contribution in [-0.2, 0) is 11.2 Å². The highest BCUT2D eigenvalue weighted by atomic mass is 32.2. The molecule has 3 heterocycles. The Morgan fingerprint density at radius 2 is 2.14 bits per heavy atom. The number of hydrogen-bond acceptors (Lipinski definition) is 4. The monoisotopic (exact) mass is 396 g/mol. The van der Waals surface area contributed by atoms with E-state index >= 15 is 0 Å². The lowest BCUT2D eigenvalue weighted by molar-refractivity contribution is -0.116. The van der Waals surface area contributed by atoms with Gasteiger partial charge in [0.1, 0.15) is 5.52 Å². The van der Waals surface area contributed by atoms with Crippen molar-refractivity contribution in [1.29, 1.82) is 0 Å². The van der Waals surface area contributed by atoms with Crippen LogP contribution in [0, 0.1) is 6.92 Å². The average Bonchev–Trinajstić information content (AvgIpc) is 3.28. The lowest BCUT2D eigenvalue weighted by Crippen LogP contribution is -2.31. The van der Waals surface area contributed by atoms with Crippen molar-refractivity contribution in [3.8, 4) is 0 Å². The minimum Gasteiger partial charge on any atom is -0.353 e. The third-order valence-corrected chi connectivity index (χ3v) is 6.27. The third-order valence-electron chi connectivity index (χ3n) is 5.33. The summed E-state index contributed by atoms with van der Waals surface area (Å²) in [7, 11) is 0. The van der Waals surface area contributed by atoms with E-state index < -0.39 is 0 Å². The maximum absolute atomic E-state index is 13.0. The number of benzene rings is 1. The van der Waals surface area contributed by atoms with Gasteiger partial charge in [-0.1, -0.05) is 36.9 Å². The molecule has 1 amide bonds. The van der Waals surface area contributed by atoms with Crippen molar-refractivity contribution < 1.29 is 4.79 Å². The number of carbonyl (C=O) groups is 1. The number of thioether (sulfide) groups is 1. The normalized spacial score (nSPS) is 14.5. The first-order chi connectivity index (χ1) is 13.5. The molecular weight excluding hydrogens is 372 g/mol. The standard InChI is InChI=1S/C21H24N4O2S/c1-4-14(3)25-20(27)19-16(11-13(2)22-19)23-21(25)28-12-18(26)24-10-9-15-7-5-6-8-17(15)24/h5-8,11,14,22H,4,9-10,12H2,1-3H3/t14-/m0/s1. The molecule has 1 atom stereocenters. The van der Waals surface area contributed by atoms with Crippen LogP contribution in [0.4, 0.5) is 5.69 Å². The molecule has 0 saturated carbocycles. The van der Waals surface area contributed by atoms with Crippen LogP contribution in [-0.4, -0.2) is 32.7 Å². The minimum absolute atomic E-state index is 0.0121. The molecule has 0 spiro atoms. The van der Waals surface area contributed by atoms with Crippen LogP contribution in [0.5, 0.6) is 0 Å². The summed E-state index contributed by atoms with van der Waals surface area (Å²) in [5, 5.41) is 0.603. The molecule has 6 nitrogen and oxygen atoms in total. The first kappa shape index (κ1) is 18.8. The van der Waals surface area contributed by atoms with Gasteiger partial charge in [0.2, 0.25) is 5.91 Å². The number of hydrogen-bond donors (Lipinski definition) is 1. The summed E-state index contributed by atoms with van der Waals surface area (Å²) in [5.41, 5.74) is 4.22. The van der Waals surface area contributed by atoms with Crippen LogP contribution in [0.1, 0.15) is 37.6 Å². The number of H-pyrrole nitrogens is 1. The van der Waals surface area contributed by atoms with Crippen LogP contribution >= 0.6 is 11.8 Å². The van der Waals surface area contributed by atoms with Crippen LogP contribution in [0.3, 0.4) is 0 Å². The van der Waals surface area contributed by atoms with Gasteiger partial charge >= 0.3 is 0 Å². The molecule has 1 aliphatic rings. The fraction of sp³-hybridized carbons (Fsp3) is 0.381. The lowest BCUT2D eigenvalue weighted by Gasteiger charge is -2.19. The highest BCUT2D eigenvalue weighted by Gasteiger charge is 2.25. The minimum atomic E-state index is -0.0751. The number of amides is 1. The van der Waals surface area contributed by atoms with E-state index in [1.54, 1.807) is 4.57 Å². The Labute approximate surface area is 168 Å². The fourth-order valence-corrected chi connectivity index (χ4v) is 4.64. The average molecular weight is 397 g/mol. The second kappa shape index (κ2) is 7.47. The van der Waals surface area contributed by atoms with E-state index in [1.165, 1.54) is 17.3 Å². The molecule has 0 radical (unpaired) electrons. The number of aromatic amines is 1. The van der Waals surface area contributed by atoms with Crippen molar-refractivity contribution >= 4 is 34.4 Å². The van der Waals surface area contributed by atoms with Crippen LogP contribution in [0.25, 0.3) is 11.0 Å². The van der Waals surface area contributed by atoms with Crippen LogP contribution < -0.4 is 10.5 Å². The van der Waals surface area contributed by atoms with Gasteiger partial charge in [-0.3, -0.25) is 14.2 Å². The molecule has 1 aliphatic heterocycles. The Morgan fingerprint density at radius 3 is 2.93 bits per heavy atom. The van der Waals surface area contributed by atoms with Gasteiger partial charge in [0, 0.05) is 24.0 Å². The molecule has 2 aromatic heterocycles. The molecule has 1 aromatic carbocycles. The number of nitrogens with one attached hydrogen (secondary N) is 1. The Kier molecular flexibility index (Phi) is 5.02. The Morgan fingerprint density at radius 1 is 1.36 bits per heavy atom. The number of fused-ring (bicyclic) bond motifs is 2. The van der Waals surface area contributed by atoms with Gasteiger partial charge in [0.15, 0.2) is 5.16 Å². The van der Waals surface area contributed by atoms with Gasteiger partial charge in [0.05, 0.1) is 11.3 Å². The summed E-state index contributed by atoms with van der Waals surface area (Å²) in [5.74, 6) is 0.303. The summed E-state index contributed by atoms with van der Waals surface area (Å²) in [6.45, 7) is 6.67. The quantitative estimate of drug-likeness (QED) is 0.527. The molecule has 146 valence electrons. The van der Waals surface area contributed by atoms with Gasteiger partial charge in [-0.2, -0.15) is 0 Å². The molecule has 0 fully saturated rings. The highest BCUT2D eigenvalue weighted by molar-refractivity contribution is 7.99. The molecule has 28 heavy (non-hydrogen) atoms. The third kappa shape index (κ3) is 3.24. The smallest absolute Gasteiger partial charge is 0.278 e. The molecule has 0 bridgehead atoms.